The number of rotatable bonds is 1. The number of pyridine rings is 1. The van der Waals surface area contributed by atoms with Gasteiger partial charge in [0.25, 0.3) is 0 Å². The van der Waals surface area contributed by atoms with Gasteiger partial charge in [-0.3, -0.25) is 9.80 Å². The van der Waals surface area contributed by atoms with Crippen LogP contribution in [0.15, 0.2) is 36.7 Å². The van der Waals surface area contributed by atoms with Gasteiger partial charge in [0.15, 0.2) is 0 Å². The standard InChI is InChI=1S/C17H17N5O/c1-10-3-4-12(18)7-14(10)22-9-11-8-20-16-13(5-6-19-16)15(11)21(2)17(22)23/h3-8H,9,18H2,1-2H3,(H,19,20). The summed E-state index contributed by atoms with van der Waals surface area (Å²) >= 11 is 0. The largest absolute Gasteiger partial charge is 0.399 e. The number of nitrogen functional groups attached to an aromatic ring is 1. The van der Waals surface area contributed by atoms with Crippen molar-refractivity contribution < 1.29 is 4.79 Å². The minimum Gasteiger partial charge on any atom is -0.399 e. The van der Waals surface area contributed by atoms with Crippen LogP contribution < -0.4 is 15.5 Å². The fourth-order valence-electron chi connectivity index (χ4n) is 3.17. The van der Waals surface area contributed by atoms with Gasteiger partial charge in [0.2, 0.25) is 0 Å². The summed E-state index contributed by atoms with van der Waals surface area (Å²) in [5.74, 6) is 0. The molecule has 3 heterocycles. The molecule has 3 aromatic rings. The predicted octanol–water partition coefficient (Wildman–Crippen LogP) is 3.03. The third kappa shape index (κ3) is 1.95. The number of H-pyrrole nitrogens is 1. The highest BCUT2D eigenvalue weighted by Crippen LogP contribution is 2.36. The van der Waals surface area contributed by atoms with Crippen LogP contribution in [0.5, 0.6) is 0 Å². The zero-order valence-electron chi connectivity index (χ0n) is 13.0. The van der Waals surface area contributed by atoms with Crippen LogP contribution in [0.3, 0.4) is 0 Å². The molecule has 0 bridgehead atoms. The van der Waals surface area contributed by atoms with E-state index in [4.69, 9.17) is 5.73 Å². The van der Waals surface area contributed by atoms with Crippen molar-refractivity contribution in [3.05, 3.63) is 47.8 Å². The van der Waals surface area contributed by atoms with Crippen LogP contribution in [0, 0.1) is 6.92 Å². The first-order valence-electron chi connectivity index (χ1n) is 7.42. The van der Waals surface area contributed by atoms with Crippen LogP contribution in [-0.4, -0.2) is 23.0 Å². The summed E-state index contributed by atoms with van der Waals surface area (Å²) in [4.78, 5) is 23.8. The Morgan fingerprint density at radius 2 is 2.13 bits per heavy atom. The first kappa shape index (κ1) is 13.6. The third-order valence-corrected chi connectivity index (χ3v) is 4.34. The van der Waals surface area contributed by atoms with Crippen molar-refractivity contribution in [2.45, 2.75) is 13.5 Å². The second-order valence-corrected chi connectivity index (χ2v) is 5.85. The van der Waals surface area contributed by atoms with Crippen molar-refractivity contribution in [2.24, 2.45) is 0 Å². The molecular weight excluding hydrogens is 290 g/mol. The van der Waals surface area contributed by atoms with Crippen LogP contribution in [0.2, 0.25) is 0 Å². The monoisotopic (exact) mass is 307 g/mol. The van der Waals surface area contributed by atoms with E-state index in [1.807, 2.05) is 43.6 Å². The molecular formula is C17H17N5O. The average Bonchev–Trinajstić information content (AvgIpc) is 3.01. The van der Waals surface area contributed by atoms with Gasteiger partial charge in [-0.2, -0.15) is 0 Å². The normalized spacial score (nSPS) is 14.4. The van der Waals surface area contributed by atoms with Gasteiger partial charge in [-0.15, -0.1) is 0 Å². The minimum absolute atomic E-state index is 0.0695. The number of hydrogen-bond donors (Lipinski definition) is 2. The van der Waals surface area contributed by atoms with Crippen LogP contribution >= 0.6 is 0 Å². The zero-order chi connectivity index (χ0) is 16.1. The van der Waals surface area contributed by atoms with E-state index in [0.29, 0.717) is 12.2 Å². The number of amides is 2. The number of fused-ring (bicyclic) bond motifs is 3. The van der Waals surface area contributed by atoms with Crippen molar-refractivity contribution in [3.8, 4) is 0 Å². The van der Waals surface area contributed by atoms with E-state index in [-0.39, 0.29) is 6.03 Å². The molecule has 1 aliphatic rings. The van der Waals surface area contributed by atoms with E-state index < -0.39 is 0 Å². The van der Waals surface area contributed by atoms with Crippen molar-refractivity contribution >= 4 is 34.1 Å². The maximum atomic E-state index is 12.9. The smallest absolute Gasteiger partial charge is 0.329 e. The average molecular weight is 307 g/mol. The molecule has 2 aromatic heterocycles. The van der Waals surface area contributed by atoms with Gasteiger partial charge in [-0.1, -0.05) is 6.07 Å². The highest BCUT2D eigenvalue weighted by atomic mass is 16.2. The molecule has 3 N–H and O–H groups in total. The summed E-state index contributed by atoms with van der Waals surface area (Å²) in [5.41, 5.74) is 11.1. The topological polar surface area (TPSA) is 78.2 Å². The third-order valence-electron chi connectivity index (χ3n) is 4.34. The molecule has 0 saturated carbocycles. The Morgan fingerprint density at radius 1 is 1.30 bits per heavy atom. The van der Waals surface area contributed by atoms with E-state index in [0.717, 1.165) is 33.5 Å². The highest BCUT2D eigenvalue weighted by Gasteiger charge is 2.31. The molecule has 0 unspecified atom stereocenters. The number of urea groups is 1. The highest BCUT2D eigenvalue weighted by molar-refractivity contribution is 6.11. The van der Waals surface area contributed by atoms with Crippen molar-refractivity contribution in [3.63, 3.8) is 0 Å². The fourth-order valence-corrected chi connectivity index (χ4v) is 3.17. The lowest BCUT2D eigenvalue weighted by Crippen LogP contribution is -2.45. The molecule has 6 heteroatoms. The van der Waals surface area contributed by atoms with Crippen molar-refractivity contribution in [2.75, 3.05) is 22.6 Å². The number of nitrogens with two attached hydrogens (primary N) is 1. The van der Waals surface area contributed by atoms with E-state index >= 15 is 0 Å². The maximum absolute atomic E-state index is 12.9. The number of aryl methyl sites for hydroxylation is 1. The molecule has 0 saturated heterocycles. The Kier molecular flexibility index (Phi) is 2.81. The Labute approximate surface area is 133 Å². The molecule has 0 aliphatic carbocycles. The quantitative estimate of drug-likeness (QED) is 0.678. The Hall–Kier alpha value is -3.02. The summed E-state index contributed by atoms with van der Waals surface area (Å²) in [7, 11) is 1.79. The summed E-state index contributed by atoms with van der Waals surface area (Å²) in [6, 6.07) is 7.50. The molecule has 2 amide bonds. The summed E-state index contributed by atoms with van der Waals surface area (Å²) in [6.45, 7) is 2.46. The Bertz CT molecular complexity index is 930. The number of nitrogens with zero attached hydrogens (tertiary/aromatic N) is 3. The molecule has 0 radical (unpaired) electrons. The molecule has 23 heavy (non-hydrogen) atoms. The molecule has 0 atom stereocenters. The predicted molar refractivity (Wildman–Crippen MR) is 91.7 cm³/mol. The SMILES string of the molecule is Cc1ccc(N)cc1N1Cc2cnc3[nH]ccc3c2N(C)C1=O. The Morgan fingerprint density at radius 3 is 2.96 bits per heavy atom. The number of aromatic amines is 1. The molecule has 1 aromatic carbocycles. The number of hydrogen-bond acceptors (Lipinski definition) is 3. The van der Waals surface area contributed by atoms with Gasteiger partial charge >= 0.3 is 6.03 Å². The number of nitrogens with one attached hydrogen (secondary N) is 1. The Balaban J connectivity index is 1.87. The lowest BCUT2D eigenvalue weighted by molar-refractivity contribution is 0.251. The fraction of sp³-hybridized carbons (Fsp3) is 0.176. The molecule has 0 fully saturated rings. The second kappa shape index (κ2) is 4.74. The maximum Gasteiger partial charge on any atom is 0.329 e. The first-order chi connectivity index (χ1) is 11.1. The molecule has 6 nitrogen and oxygen atoms in total. The number of aromatic nitrogens is 2. The van der Waals surface area contributed by atoms with Gasteiger partial charge in [-0.25, -0.2) is 9.78 Å². The number of anilines is 3. The van der Waals surface area contributed by atoms with Crippen LogP contribution in [-0.2, 0) is 6.54 Å². The molecule has 4 rings (SSSR count). The molecule has 0 spiro atoms. The van der Waals surface area contributed by atoms with Gasteiger partial charge in [0, 0.05) is 36.1 Å². The van der Waals surface area contributed by atoms with E-state index in [1.165, 1.54) is 0 Å². The van der Waals surface area contributed by atoms with Gasteiger partial charge in [0.1, 0.15) is 5.65 Å². The second-order valence-electron chi connectivity index (χ2n) is 5.85. The summed E-state index contributed by atoms with van der Waals surface area (Å²) in [6.07, 6.45) is 3.66. The molecule has 1 aliphatic heterocycles. The zero-order valence-corrected chi connectivity index (χ0v) is 13.0. The van der Waals surface area contributed by atoms with Crippen molar-refractivity contribution in [1.82, 2.24) is 9.97 Å². The van der Waals surface area contributed by atoms with E-state index in [2.05, 4.69) is 9.97 Å². The first-order valence-corrected chi connectivity index (χ1v) is 7.42. The number of carbonyl (C=O) groups excluding carboxylic acids is 1. The van der Waals surface area contributed by atoms with Crippen LogP contribution in [0.25, 0.3) is 11.0 Å². The van der Waals surface area contributed by atoms with Crippen LogP contribution in [0.4, 0.5) is 21.9 Å². The number of carbonyl (C=O) groups is 1. The summed E-state index contributed by atoms with van der Waals surface area (Å²) in [5, 5.41) is 0.960. The van der Waals surface area contributed by atoms with Crippen molar-refractivity contribution in [1.29, 1.82) is 0 Å². The van der Waals surface area contributed by atoms with Gasteiger partial charge in [0.05, 0.1) is 17.9 Å². The van der Waals surface area contributed by atoms with E-state index in [1.54, 1.807) is 16.8 Å². The van der Waals surface area contributed by atoms with Gasteiger partial charge < -0.3 is 10.7 Å². The van der Waals surface area contributed by atoms with Crippen LogP contribution in [0.1, 0.15) is 11.1 Å². The summed E-state index contributed by atoms with van der Waals surface area (Å²) < 4.78 is 0. The lowest BCUT2D eigenvalue weighted by atomic mass is 10.1. The van der Waals surface area contributed by atoms with E-state index in [9.17, 15) is 4.79 Å². The number of benzene rings is 1. The van der Waals surface area contributed by atoms with Gasteiger partial charge in [-0.05, 0) is 30.7 Å². The lowest BCUT2D eigenvalue weighted by Gasteiger charge is -2.36. The minimum atomic E-state index is -0.0695. The molecule has 116 valence electrons.